The fourth-order valence-corrected chi connectivity index (χ4v) is 2.49. The van der Waals surface area contributed by atoms with Gasteiger partial charge in [0, 0.05) is 24.6 Å². The third-order valence-electron chi connectivity index (χ3n) is 3.72. The molecule has 0 bridgehead atoms. The predicted molar refractivity (Wildman–Crippen MR) is 87.6 cm³/mol. The Kier molecular flexibility index (Phi) is 5.70. The van der Waals surface area contributed by atoms with Crippen molar-refractivity contribution in [2.24, 2.45) is 5.92 Å². The fraction of sp³-hybridized carbons (Fsp3) is 0.316. The minimum absolute atomic E-state index is 0.0215. The lowest BCUT2D eigenvalue weighted by Crippen LogP contribution is -2.30. The molecule has 2 aromatic carbocycles. The monoisotopic (exact) mass is 281 g/mol. The highest BCUT2D eigenvalue weighted by molar-refractivity contribution is 5.97. The van der Waals surface area contributed by atoms with Gasteiger partial charge in [-0.2, -0.15) is 0 Å². The van der Waals surface area contributed by atoms with Crippen LogP contribution in [0.15, 0.2) is 60.7 Å². The molecule has 1 atom stereocenters. The predicted octanol–water partition coefficient (Wildman–Crippen LogP) is 3.68. The van der Waals surface area contributed by atoms with Gasteiger partial charge in [-0.05, 0) is 19.0 Å². The maximum atomic E-state index is 12.3. The van der Waals surface area contributed by atoms with Crippen molar-refractivity contribution in [1.29, 1.82) is 0 Å². The highest BCUT2D eigenvalue weighted by Gasteiger charge is 2.16. The number of Topliss-reactive ketones (excluding diaryl/α,β-unsaturated/α-hetero) is 1. The van der Waals surface area contributed by atoms with Crippen LogP contribution in [-0.2, 0) is 6.42 Å². The van der Waals surface area contributed by atoms with E-state index in [2.05, 4.69) is 36.2 Å². The number of likely N-dealkylation sites (N-methyl/N-ethyl adjacent to an activating group) is 1. The summed E-state index contributed by atoms with van der Waals surface area (Å²) in [5.74, 6) is 0.246. The molecule has 0 heterocycles. The van der Waals surface area contributed by atoms with Crippen molar-refractivity contribution in [3.63, 3.8) is 0 Å². The van der Waals surface area contributed by atoms with Gasteiger partial charge in [0.05, 0.1) is 0 Å². The normalized spacial score (nSPS) is 12.3. The lowest BCUT2D eigenvalue weighted by atomic mass is 9.99. The lowest BCUT2D eigenvalue weighted by molar-refractivity contribution is 0.0903. The molecule has 0 aliphatic rings. The van der Waals surface area contributed by atoms with Gasteiger partial charge in [-0.1, -0.05) is 67.6 Å². The zero-order valence-corrected chi connectivity index (χ0v) is 12.8. The van der Waals surface area contributed by atoms with E-state index in [0.717, 1.165) is 25.1 Å². The summed E-state index contributed by atoms with van der Waals surface area (Å²) in [6.45, 7) is 3.77. The molecule has 0 spiro atoms. The van der Waals surface area contributed by atoms with Crippen LogP contribution in [0.4, 0.5) is 0 Å². The second kappa shape index (κ2) is 7.75. The van der Waals surface area contributed by atoms with Gasteiger partial charge in [-0.3, -0.25) is 4.79 Å². The van der Waals surface area contributed by atoms with Crippen molar-refractivity contribution >= 4 is 5.78 Å². The maximum absolute atomic E-state index is 12.3. The Hall–Kier alpha value is -1.93. The van der Waals surface area contributed by atoms with E-state index >= 15 is 0 Å². The first-order valence-electron chi connectivity index (χ1n) is 7.48. The average molecular weight is 281 g/mol. The van der Waals surface area contributed by atoms with E-state index < -0.39 is 0 Å². The molecule has 0 amide bonds. The minimum atomic E-state index is 0.0215. The van der Waals surface area contributed by atoms with Crippen LogP contribution in [-0.4, -0.2) is 30.8 Å². The molecular formula is C19H23NO. The number of nitrogens with zero attached hydrogens (tertiary/aromatic N) is 1. The molecule has 0 aliphatic carbocycles. The van der Waals surface area contributed by atoms with Gasteiger partial charge < -0.3 is 4.90 Å². The molecule has 0 N–H and O–H groups in total. The number of carbonyl (C=O) groups is 1. The minimum Gasteiger partial charge on any atom is -0.305 e. The summed E-state index contributed by atoms with van der Waals surface area (Å²) < 4.78 is 0. The van der Waals surface area contributed by atoms with Crippen LogP contribution in [0.2, 0.25) is 0 Å². The van der Waals surface area contributed by atoms with E-state index in [9.17, 15) is 4.79 Å². The number of hydrogen-bond donors (Lipinski definition) is 0. The van der Waals surface area contributed by atoms with Crippen LogP contribution >= 0.6 is 0 Å². The van der Waals surface area contributed by atoms with E-state index in [0.29, 0.717) is 0 Å². The molecule has 0 unspecified atom stereocenters. The van der Waals surface area contributed by atoms with E-state index in [-0.39, 0.29) is 11.7 Å². The first-order chi connectivity index (χ1) is 10.2. The Morgan fingerprint density at radius 3 is 2.19 bits per heavy atom. The molecule has 0 fully saturated rings. The number of hydrogen-bond acceptors (Lipinski definition) is 2. The van der Waals surface area contributed by atoms with Gasteiger partial charge in [-0.15, -0.1) is 0 Å². The summed E-state index contributed by atoms with van der Waals surface area (Å²) in [4.78, 5) is 14.6. The van der Waals surface area contributed by atoms with E-state index in [4.69, 9.17) is 0 Å². The van der Waals surface area contributed by atoms with Crippen molar-refractivity contribution in [3.8, 4) is 0 Å². The summed E-state index contributed by atoms with van der Waals surface area (Å²) >= 11 is 0. The van der Waals surface area contributed by atoms with E-state index in [1.165, 1.54) is 5.56 Å². The molecule has 2 aromatic rings. The number of carbonyl (C=O) groups excluding carboxylic acids is 1. The Morgan fingerprint density at radius 2 is 1.57 bits per heavy atom. The van der Waals surface area contributed by atoms with E-state index in [1.54, 1.807) is 0 Å². The Morgan fingerprint density at radius 1 is 1.00 bits per heavy atom. The van der Waals surface area contributed by atoms with Crippen LogP contribution < -0.4 is 0 Å². The van der Waals surface area contributed by atoms with Crippen LogP contribution in [0, 0.1) is 5.92 Å². The largest absolute Gasteiger partial charge is 0.305 e. The smallest absolute Gasteiger partial charge is 0.166 e. The molecule has 21 heavy (non-hydrogen) atoms. The molecule has 2 heteroatoms. The number of benzene rings is 2. The lowest BCUT2D eigenvalue weighted by Gasteiger charge is -2.20. The van der Waals surface area contributed by atoms with Crippen LogP contribution in [0.25, 0.3) is 0 Å². The van der Waals surface area contributed by atoms with Gasteiger partial charge in [0.1, 0.15) is 0 Å². The van der Waals surface area contributed by atoms with Gasteiger partial charge in [0.15, 0.2) is 5.78 Å². The molecule has 110 valence electrons. The molecule has 0 saturated carbocycles. The third-order valence-corrected chi connectivity index (χ3v) is 3.72. The van der Waals surface area contributed by atoms with Gasteiger partial charge in [0.2, 0.25) is 0 Å². The molecule has 0 aromatic heterocycles. The molecule has 0 aliphatic heterocycles. The van der Waals surface area contributed by atoms with Gasteiger partial charge in [-0.25, -0.2) is 0 Å². The SMILES string of the molecule is C[C@H](CN(C)CCc1ccccc1)C(=O)c1ccccc1. The average Bonchev–Trinajstić information content (AvgIpc) is 2.54. The van der Waals surface area contributed by atoms with Crippen molar-refractivity contribution in [2.45, 2.75) is 13.3 Å². The maximum Gasteiger partial charge on any atom is 0.166 e. The summed E-state index contributed by atoms with van der Waals surface area (Å²) in [5, 5.41) is 0. The molecule has 0 radical (unpaired) electrons. The fourth-order valence-electron chi connectivity index (χ4n) is 2.49. The Balaban J connectivity index is 1.82. The van der Waals surface area contributed by atoms with Crippen molar-refractivity contribution < 1.29 is 4.79 Å². The molecule has 2 rings (SSSR count). The summed E-state index contributed by atoms with van der Waals surface area (Å²) in [6, 6.07) is 20.0. The summed E-state index contributed by atoms with van der Waals surface area (Å²) in [6.07, 6.45) is 1.02. The molecule has 0 saturated heterocycles. The zero-order chi connectivity index (χ0) is 15.1. The van der Waals surface area contributed by atoms with Crippen molar-refractivity contribution in [1.82, 2.24) is 4.90 Å². The summed E-state index contributed by atoms with van der Waals surface area (Å²) in [7, 11) is 2.08. The van der Waals surface area contributed by atoms with E-state index in [1.807, 2.05) is 43.3 Å². The quantitative estimate of drug-likeness (QED) is 0.722. The zero-order valence-electron chi connectivity index (χ0n) is 12.8. The standard InChI is InChI=1S/C19H23NO/c1-16(19(21)18-11-7-4-8-12-18)15-20(2)14-13-17-9-5-3-6-10-17/h3-12,16H,13-15H2,1-2H3/t16-/m1/s1. The second-order valence-corrected chi connectivity index (χ2v) is 5.63. The van der Waals surface area contributed by atoms with Crippen LogP contribution in [0.5, 0.6) is 0 Å². The Labute approximate surface area is 127 Å². The van der Waals surface area contributed by atoms with Crippen LogP contribution in [0.1, 0.15) is 22.8 Å². The number of ketones is 1. The molecule has 2 nitrogen and oxygen atoms in total. The topological polar surface area (TPSA) is 20.3 Å². The van der Waals surface area contributed by atoms with Gasteiger partial charge >= 0.3 is 0 Å². The highest BCUT2D eigenvalue weighted by Crippen LogP contribution is 2.10. The molecular weight excluding hydrogens is 258 g/mol. The second-order valence-electron chi connectivity index (χ2n) is 5.63. The first-order valence-corrected chi connectivity index (χ1v) is 7.48. The van der Waals surface area contributed by atoms with Crippen molar-refractivity contribution in [2.75, 3.05) is 20.1 Å². The Bertz CT molecular complexity index is 550. The van der Waals surface area contributed by atoms with Gasteiger partial charge in [0.25, 0.3) is 0 Å². The number of rotatable bonds is 7. The first kappa shape index (κ1) is 15.5. The third kappa shape index (κ3) is 4.83. The highest BCUT2D eigenvalue weighted by atomic mass is 16.1. The summed E-state index contributed by atoms with van der Waals surface area (Å²) in [5.41, 5.74) is 2.15. The van der Waals surface area contributed by atoms with Crippen molar-refractivity contribution in [3.05, 3.63) is 71.8 Å². The van der Waals surface area contributed by atoms with Crippen LogP contribution in [0.3, 0.4) is 0 Å².